The number of ether oxygens (including phenoxy) is 1. The fourth-order valence-corrected chi connectivity index (χ4v) is 4.14. The van der Waals surface area contributed by atoms with E-state index in [0.29, 0.717) is 26.1 Å². The second-order valence-electron chi connectivity index (χ2n) is 9.27. The predicted molar refractivity (Wildman–Crippen MR) is 113 cm³/mol. The van der Waals surface area contributed by atoms with E-state index in [-0.39, 0.29) is 11.7 Å². The number of amides is 2. The molecule has 1 aromatic carbocycles. The summed E-state index contributed by atoms with van der Waals surface area (Å²) < 4.78 is 18.7. The van der Waals surface area contributed by atoms with Gasteiger partial charge in [-0.05, 0) is 64.2 Å². The van der Waals surface area contributed by atoms with Crippen LogP contribution in [-0.2, 0) is 16.1 Å². The number of rotatable bonds is 3. The highest BCUT2D eigenvalue weighted by atomic mass is 19.1. The quantitative estimate of drug-likeness (QED) is 0.751. The van der Waals surface area contributed by atoms with E-state index in [2.05, 4.69) is 4.90 Å². The molecule has 1 unspecified atom stereocenters. The van der Waals surface area contributed by atoms with Crippen LogP contribution in [0.25, 0.3) is 0 Å². The van der Waals surface area contributed by atoms with Gasteiger partial charge in [-0.2, -0.15) is 0 Å². The highest BCUT2D eigenvalue weighted by molar-refractivity contribution is 5.86. The van der Waals surface area contributed by atoms with Crippen LogP contribution in [0.15, 0.2) is 24.3 Å². The van der Waals surface area contributed by atoms with Gasteiger partial charge in [0.1, 0.15) is 17.5 Å². The number of benzene rings is 1. The largest absolute Gasteiger partial charge is 0.444 e. The molecule has 2 saturated heterocycles. The molecule has 0 aromatic heterocycles. The number of hydrogen-bond acceptors (Lipinski definition) is 4. The van der Waals surface area contributed by atoms with Crippen LogP contribution in [0.2, 0.25) is 0 Å². The summed E-state index contributed by atoms with van der Waals surface area (Å²) in [4.78, 5) is 31.8. The number of likely N-dealkylation sites (tertiary alicyclic amines) is 1. The number of hydrogen-bond donors (Lipinski definition) is 0. The molecule has 166 valence electrons. The summed E-state index contributed by atoms with van der Waals surface area (Å²) in [6, 6.07) is 6.15. The number of nitrogens with zero attached hydrogens (tertiary/aromatic N) is 3. The Balaban J connectivity index is 1.59. The lowest BCUT2D eigenvalue weighted by Crippen LogP contribution is -2.54. The standard InChI is InChI=1S/C23H34FN3O3/c1-23(2,3)30-22(29)27-14-5-4-7-20(27)21(28)26-13-6-12-25(15-16-26)17-18-8-10-19(24)11-9-18/h8-11,20H,4-7,12-17H2,1-3H3. The molecule has 2 fully saturated rings. The first-order valence-corrected chi connectivity index (χ1v) is 11.0. The topological polar surface area (TPSA) is 53.1 Å². The van der Waals surface area contributed by atoms with Gasteiger partial charge in [0.05, 0.1) is 0 Å². The summed E-state index contributed by atoms with van der Waals surface area (Å²) in [6.07, 6.45) is 3.02. The van der Waals surface area contributed by atoms with Gasteiger partial charge in [0.15, 0.2) is 0 Å². The average Bonchev–Trinajstić information content (AvgIpc) is 2.93. The van der Waals surface area contributed by atoms with Crippen molar-refractivity contribution in [2.24, 2.45) is 0 Å². The zero-order chi connectivity index (χ0) is 21.7. The van der Waals surface area contributed by atoms with Crippen LogP contribution in [0, 0.1) is 5.82 Å². The van der Waals surface area contributed by atoms with Gasteiger partial charge >= 0.3 is 6.09 Å². The molecule has 6 nitrogen and oxygen atoms in total. The molecule has 0 N–H and O–H groups in total. The molecule has 0 bridgehead atoms. The second kappa shape index (κ2) is 9.77. The molecule has 1 aromatic rings. The Morgan fingerprint density at radius 1 is 1.00 bits per heavy atom. The number of halogens is 1. The zero-order valence-corrected chi connectivity index (χ0v) is 18.4. The molecule has 0 saturated carbocycles. The van der Waals surface area contributed by atoms with Crippen molar-refractivity contribution < 1.29 is 18.7 Å². The summed E-state index contributed by atoms with van der Waals surface area (Å²) in [5.41, 5.74) is 0.491. The van der Waals surface area contributed by atoms with E-state index >= 15 is 0 Å². The summed E-state index contributed by atoms with van der Waals surface area (Å²) >= 11 is 0. The van der Waals surface area contributed by atoms with Crippen molar-refractivity contribution in [1.82, 2.24) is 14.7 Å². The predicted octanol–water partition coefficient (Wildman–Crippen LogP) is 3.65. The molecule has 2 amide bonds. The number of piperidine rings is 1. The van der Waals surface area contributed by atoms with Crippen LogP contribution in [0.4, 0.5) is 9.18 Å². The Bertz CT molecular complexity index is 732. The Kier molecular flexibility index (Phi) is 7.34. The maximum Gasteiger partial charge on any atom is 0.410 e. The molecular formula is C23H34FN3O3. The first-order valence-electron chi connectivity index (χ1n) is 11.0. The van der Waals surface area contributed by atoms with Gasteiger partial charge in [-0.15, -0.1) is 0 Å². The van der Waals surface area contributed by atoms with Crippen molar-refractivity contribution in [1.29, 1.82) is 0 Å². The minimum Gasteiger partial charge on any atom is -0.444 e. The minimum absolute atomic E-state index is 0.0317. The van der Waals surface area contributed by atoms with E-state index in [9.17, 15) is 14.0 Å². The van der Waals surface area contributed by atoms with Crippen molar-refractivity contribution in [3.63, 3.8) is 0 Å². The van der Waals surface area contributed by atoms with Gasteiger partial charge in [-0.25, -0.2) is 9.18 Å². The Hall–Kier alpha value is -2.15. The molecule has 2 heterocycles. The van der Waals surface area contributed by atoms with Gasteiger partial charge in [0, 0.05) is 39.3 Å². The summed E-state index contributed by atoms with van der Waals surface area (Å²) in [5.74, 6) is -0.197. The molecule has 30 heavy (non-hydrogen) atoms. The Morgan fingerprint density at radius 3 is 2.43 bits per heavy atom. The number of carbonyl (C=O) groups excluding carboxylic acids is 2. The monoisotopic (exact) mass is 419 g/mol. The molecule has 0 spiro atoms. The van der Waals surface area contributed by atoms with E-state index in [1.54, 1.807) is 4.90 Å². The smallest absolute Gasteiger partial charge is 0.410 e. The molecule has 1 atom stereocenters. The highest BCUT2D eigenvalue weighted by Crippen LogP contribution is 2.23. The lowest BCUT2D eigenvalue weighted by atomic mass is 10.0. The normalized spacial score (nSPS) is 21.3. The zero-order valence-electron chi connectivity index (χ0n) is 18.4. The Labute approximate surface area is 179 Å². The lowest BCUT2D eigenvalue weighted by molar-refractivity contribution is -0.138. The minimum atomic E-state index is -0.578. The van der Waals surface area contributed by atoms with Crippen LogP contribution in [-0.4, -0.2) is 71.1 Å². The summed E-state index contributed by atoms with van der Waals surface area (Å²) in [6.45, 7) is 9.83. The van der Waals surface area contributed by atoms with Crippen LogP contribution < -0.4 is 0 Å². The summed E-state index contributed by atoms with van der Waals surface area (Å²) in [5, 5.41) is 0. The van der Waals surface area contributed by atoms with Crippen LogP contribution >= 0.6 is 0 Å². The third kappa shape index (κ3) is 6.17. The molecule has 0 radical (unpaired) electrons. The van der Waals surface area contributed by atoms with Gasteiger partial charge < -0.3 is 9.64 Å². The molecule has 2 aliphatic heterocycles. The van der Waals surface area contributed by atoms with Gasteiger partial charge in [0.2, 0.25) is 5.91 Å². The Morgan fingerprint density at radius 2 is 1.73 bits per heavy atom. The van der Waals surface area contributed by atoms with Gasteiger partial charge in [-0.1, -0.05) is 12.1 Å². The van der Waals surface area contributed by atoms with Gasteiger partial charge in [0.25, 0.3) is 0 Å². The SMILES string of the molecule is CC(C)(C)OC(=O)N1CCCCC1C(=O)N1CCCN(Cc2ccc(F)cc2)CC1. The second-order valence-corrected chi connectivity index (χ2v) is 9.27. The van der Waals surface area contributed by atoms with E-state index in [0.717, 1.165) is 44.5 Å². The van der Waals surface area contributed by atoms with E-state index in [1.807, 2.05) is 37.8 Å². The van der Waals surface area contributed by atoms with E-state index in [1.165, 1.54) is 12.1 Å². The summed E-state index contributed by atoms with van der Waals surface area (Å²) in [7, 11) is 0. The van der Waals surface area contributed by atoms with E-state index in [4.69, 9.17) is 4.74 Å². The van der Waals surface area contributed by atoms with Crippen molar-refractivity contribution in [2.45, 2.75) is 64.6 Å². The van der Waals surface area contributed by atoms with E-state index < -0.39 is 17.7 Å². The molecular weight excluding hydrogens is 385 g/mol. The highest BCUT2D eigenvalue weighted by Gasteiger charge is 2.37. The third-order valence-electron chi connectivity index (χ3n) is 5.64. The average molecular weight is 420 g/mol. The van der Waals surface area contributed by atoms with Crippen LogP contribution in [0.1, 0.15) is 52.0 Å². The van der Waals surface area contributed by atoms with Crippen molar-refractivity contribution >= 4 is 12.0 Å². The lowest BCUT2D eigenvalue weighted by Gasteiger charge is -2.38. The third-order valence-corrected chi connectivity index (χ3v) is 5.64. The van der Waals surface area contributed by atoms with Crippen LogP contribution in [0.3, 0.4) is 0 Å². The molecule has 3 rings (SSSR count). The number of carbonyl (C=O) groups is 2. The fourth-order valence-electron chi connectivity index (χ4n) is 4.14. The van der Waals surface area contributed by atoms with Crippen LogP contribution in [0.5, 0.6) is 0 Å². The molecule has 2 aliphatic rings. The maximum atomic E-state index is 13.3. The first kappa shape index (κ1) is 22.5. The van der Waals surface area contributed by atoms with Crippen molar-refractivity contribution in [3.05, 3.63) is 35.6 Å². The molecule has 7 heteroatoms. The first-order chi connectivity index (χ1) is 14.2. The maximum absolute atomic E-state index is 13.3. The van der Waals surface area contributed by atoms with Crippen molar-refractivity contribution in [3.8, 4) is 0 Å². The van der Waals surface area contributed by atoms with Gasteiger partial charge in [-0.3, -0.25) is 14.6 Å². The van der Waals surface area contributed by atoms with Crippen molar-refractivity contribution in [2.75, 3.05) is 32.7 Å². The molecule has 0 aliphatic carbocycles. The fraction of sp³-hybridized carbons (Fsp3) is 0.652.